The van der Waals surface area contributed by atoms with E-state index >= 15 is 0 Å². The second-order valence-corrected chi connectivity index (χ2v) is 16.7. The van der Waals surface area contributed by atoms with Crippen molar-refractivity contribution >= 4 is 5.91 Å². The number of nitrogens with one attached hydrogen (secondary N) is 1. The van der Waals surface area contributed by atoms with Gasteiger partial charge in [-0.05, 0) is 33.4 Å². The molecule has 65 heavy (non-hydrogen) atoms. The average Bonchev–Trinajstić information content (AvgIpc) is 3.36. The molecule has 0 aromatic heterocycles. The highest BCUT2D eigenvalue weighted by atomic mass is 16.7. The molecular formula is C54H58N2O9. The standard InChI is InChI=1S/C54H58N2O9/c1-36-44(34-61-53(38-22-10-4-11-23-38,39-24-12-5-13-25-39)40-26-14-6-15-27-40)63-51(46(55)48(36)58)65-50-45(64-52(60-3)47(49(50)59)56-37(2)57)35-62-54(41-28-16-7-17-29-41,42-30-18-8-19-31-42)43-32-20-9-21-33-43/h4-33,36,44-52,58-59H,34-35,55H2,1-3H3,(H,56,57). The van der Waals surface area contributed by atoms with Crippen LogP contribution in [0.1, 0.15) is 47.2 Å². The largest absolute Gasteiger partial charge is 0.391 e. The zero-order valence-corrected chi connectivity index (χ0v) is 36.8. The number of amides is 1. The third kappa shape index (κ3) is 9.43. The van der Waals surface area contributed by atoms with Crippen molar-refractivity contribution in [3.05, 3.63) is 215 Å². The lowest BCUT2D eigenvalue weighted by atomic mass is 9.80. The van der Waals surface area contributed by atoms with Gasteiger partial charge in [-0.15, -0.1) is 0 Å². The van der Waals surface area contributed by atoms with E-state index in [9.17, 15) is 15.0 Å². The van der Waals surface area contributed by atoms with Crippen LogP contribution in [0.4, 0.5) is 0 Å². The first-order valence-electron chi connectivity index (χ1n) is 22.2. The van der Waals surface area contributed by atoms with Crippen LogP contribution in [0.3, 0.4) is 0 Å². The van der Waals surface area contributed by atoms with Gasteiger partial charge >= 0.3 is 0 Å². The maximum Gasteiger partial charge on any atom is 0.217 e. The van der Waals surface area contributed by atoms with Crippen molar-refractivity contribution < 1.29 is 43.4 Å². The number of carbonyl (C=O) groups excluding carboxylic acids is 1. The van der Waals surface area contributed by atoms with Crippen molar-refractivity contribution in [1.82, 2.24) is 5.32 Å². The number of benzene rings is 6. The van der Waals surface area contributed by atoms with Gasteiger partial charge in [-0.1, -0.05) is 189 Å². The van der Waals surface area contributed by atoms with Crippen molar-refractivity contribution in [3.8, 4) is 0 Å². The van der Waals surface area contributed by atoms with Crippen LogP contribution in [0.25, 0.3) is 0 Å². The fraction of sp³-hybridized carbons (Fsp3) is 0.315. The lowest BCUT2D eigenvalue weighted by molar-refractivity contribution is -0.328. The molecule has 11 nitrogen and oxygen atoms in total. The summed E-state index contributed by atoms with van der Waals surface area (Å²) in [5, 5.41) is 26.9. The molecule has 2 aliphatic heterocycles. The molecular weight excluding hydrogens is 821 g/mol. The summed E-state index contributed by atoms with van der Waals surface area (Å²) in [6, 6.07) is 57.6. The highest BCUT2D eigenvalue weighted by Gasteiger charge is 2.52. The molecule has 2 aliphatic rings. The molecule has 6 aromatic carbocycles. The molecule has 2 heterocycles. The number of aliphatic hydroxyl groups is 2. The van der Waals surface area contributed by atoms with Crippen LogP contribution in [-0.2, 0) is 44.4 Å². The van der Waals surface area contributed by atoms with E-state index < -0.39 is 78.2 Å². The van der Waals surface area contributed by atoms with Gasteiger partial charge < -0.3 is 49.7 Å². The Morgan fingerprint density at radius 1 is 0.569 bits per heavy atom. The Hall–Kier alpha value is -5.57. The second kappa shape index (κ2) is 20.7. The summed E-state index contributed by atoms with van der Waals surface area (Å²) < 4.78 is 40.2. The fourth-order valence-electron chi connectivity index (χ4n) is 9.35. The van der Waals surface area contributed by atoms with Gasteiger partial charge in [0.25, 0.3) is 0 Å². The van der Waals surface area contributed by atoms with Gasteiger partial charge in [0, 0.05) is 20.0 Å². The van der Waals surface area contributed by atoms with Crippen molar-refractivity contribution in [2.24, 2.45) is 11.7 Å². The minimum absolute atomic E-state index is 0.0216. The number of rotatable bonds is 16. The molecule has 10 unspecified atom stereocenters. The van der Waals surface area contributed by atoms with Crippen LogP contribution in [0.15, 0.2) is 182 Å². The Morgan fingerprint density at radius 3 is 1.25 bits per heavy atom. The molecule has 2 fully saturated rings. The van der Waals surface area contributed by atoms with E-state index in [1.165, 1.54) is 14.0 Å². The van der Waals surface area contributed by atoms with Gasteiger partial charge in [0.2, 0.25) is 5.91 Å². The smallest absolute Gasteiger partial charge is 0.217 e. The van der Waals surface area contributed by atoms with E-state index in [1.807, 2.05) is 189 Å². The van der Waals surface area contributed by atoms with Crippen LogP contribution in [0, 0.1) is 5.92 Å². The zero-order chi connectivity index (χ0) is 45.4. The molecule has 338 valence electrons. The number of ether oxygens (including phenoxy) is 6. The molecule has 10 atom stereocenters. The van der Waals surface area contributed by atoms with Crippen LogP contribution < -0.4 is 11.1 Å². The number of nitrogens with two attached hydrogens (primary N) is 1. The van der Waals surface area contributed by atoms with Crippen molar-refractivity contribution in [2.45, 2.75) is 80.2 Å². The van der Waals surface area contributed by atoms with Crippen molar-refractivity contribution in [3.63, 3.8) is 0 Å². The lowest BCUT2D eigenvalue weighted by Gasteiger charge is -2.49. The normalized spacial score (nSPS) is 26.0. The monoisotopic (exact) mass is 878 g/mol. The van der Waals surface area contributed by atoms with Crippen LogP contribution >= 0.6 is 0 Å². The Bertz CT molecular complexity index is 2190. The zero-order valence-electron chi connectivity index (χ0n) is 36.8. The van der Waals surface area contributed by atoms with E-state index in [0.717, 1.165) is 33.4 Å². The number of hydrogen-bond donors (Lipinski definition) is 4. The minimum Gasteiger partial charge on any atom is -0.391 e. The summed E-state index contributed by atoms with van der Waals surface area (Å²) in [4.78, 5) is 12.6. The molecule has 2 saturated heterocycles. The average molecular weight is 879 g/mol. The molecule has 6 aromatic rings. The molecule has 11 heteroatoms. The summed E-state index contributed by atoms with van der Waals surface area (Å²) in [6.07, 6.45) is -7.82. The van der Waals surface area contributed by atoms with Crippen molar-refractivity contribution in [1.29, 1.82) is 0 Å². The highest BCUT2D eigenvalue weighted by Crippen LogP contribution is 2.43. The number of aliphatic hydroxyl groups excluding tert-OH is 2. The quantitative estimate of drug-likeness (QED) is 0.0777. The van der Waals surface area contributed by atoms with Gasteiger partial charge in [-0.25, -0.2) is 0 Å². The topological polar surface area (TPSA) is 151 Å². The molecule has 0 aliphatic carbocycles. The van der Waals surface area contributed by atoms with E-state index in [2.05, 4.69) is 5.32 Å². The summed E-state index contributed by atoms with van der Waals surface area (Å²) >= 11 is 0. The molecule has 0 spiro atoms. The van der Waals surface area contributed by atoms with E-state index in [1.54, 1.807) is 0 Å². The second-order valence-electron chi connectivity index (χ2n) is 16.7. The highest BCUT2D eigenvalue weighted by molar-refractivity contribution is 5.73. The first kappa shape index (κ1) is 46.0. The summed E-state index contributed by atoms with van der Waals surface area (Å²) in [6.45, 7) is 3.11. The van der Waals surface area contributed by atoms with Gasteiger partial charge in [0.15, 0.2) is 12.6 Å². The predicted octanol–water partition coefficient (Wildman–Crippen LogP) is 6.68. The molecule has 1 amide bonds. The molecule has 8 rings (SSSR count). The van der Waals surface area contributed by atoms with Gasteiger partial charge in [-0.2, -0.15) is 0 Å². The SMILES string of the molecule is COC1OC(COC(c2ccccc2)(c2ccccc2)c2ccccc2)C(OC2OC(COC(c3ccccc3)(c3ccccc3)c3ccccc3)C(C)C(O)C2N)C(O)C1NC(C)=O. The first-order chi connectivity index (χ1) is 31.7. The Kier molecular flexibility index (Phi) is 14.7. The molecule has 0 bridgehead atoms. The lowest BCUT2D eigenvalue weighted by Crippen LogP contribution is -2.68. The first-order valence-corrected chi connectivity index (χ1v) is 22.2. The maximum atomic E-state index is 12.6. The maximum absolute atomic E-state index is 12.6. The van der Waals surface area contributed by atoms with E-state index in [0.29, 0.717) is 0 Å². The fourth-order valence-corrected chi connectivity index (χ4v) is 9.35. The summed E-state index contributed by atoms with van der Waals surface area (Å²) in [5.41, 5.74) is 9.89. The van der Waals surface area contributed by atoms with Crippen molar-refractivity contribution in [2.75, 3.05) is 20.3 Å². The minimum atomic E-state index is -1.41. The Morgan fingerprint density at radius 2 is 0.908 bits per heavy atom. The Balaban J connectivity index is 1.13. The predicted molar refractivity (Wildman–Crippen MR) is 246 cm³/mol. The number of hydrogen-bond acceptors (Lipinski definition) is 10. The van der Waals surface area contributed by atoms with E-state index in [-0.39, 0.29) is 13.2 Å². The number of carbonyl (C=O) groups is 1. The molecule has 0 saturated carbocycles. The molecule has 5 N–H and O–H groups in total. The van der Waals surface area contributed by atoms with Crippen LogP contribution in [0.5, 0.6) is 0 Å². The van der Waals surface area contributed by atoms with Gasteiger partial charge in [-0.3, -0.25) is 4.79 Å². The van der Waals surface area contributed by atoms with E-state index in [4.69, 9.17) is 34.2 Å². The third-order valence-corrected chi connectivity index (χ3v) is 12.7. The third-order valence-electron chi connectivity index (χ3n) is 12.7. The van der Waals surface area contributed by atoms with Crippen LogP contribution in [-0.4, -0.2) is 91.6 Å². The van der Waals surface area contributed by atoms with Gasteiger partial charge in [0.05, 0.1) is 31.5 Å². The summed E-state index contributed by atoms with van der Waals surface area (Å²) in [7, 11) is 1.44. The van der Waals surface area contributed by atoms with Crippen LogP contribution in [0.2, 0.25) is 0 Å². The van der Waals surface area contributed by atoms with Gasteiger partial charge in [0.1, 0.15) is 35.6 Å². The Labute approximate surface area is 381 Å². The molecule has 0 radical (unpaired) electrons. The summed E-state index contributed by atoms with van der Waals surface area (Å²) in [5.74, 6) is -0.903. The number of methoxy groups -OCH3 is 1.